The number of thioether (sulfide) groups is 1. The summed E-state index contributed by atoms with van der Waals surface area (Å²) in [6, 6.07) is 7.88. The van der Waals surface area contributed by atoms with Crippen molar-refractivity contribution in [3.8, 4) is 5.75 Å². The fraction of sp³-hybridized carbons (Fsp3) is 0.588. The summed E-state index contributed by atoms with van der Waals surface area (Å²) in [6.45, 7) is 4.84. The van der Waals surface area contributed by atoms with Crippen molar-refractivity contribution in [2.24, 2.45) is 5.92 Å². The Morgan fingerprint density at radius 2 is 2.09 bits per heavy atom. The number of carbonyl (C=O) groups excluding carboxylic acids is 1. The lowest BCUT2D eigenvalue weighted by atomic mass is 10.1. The van der Waals surface area contributed by atoms with Crippen LogP contribution in [-0.2, 0) is 4.79 Å². The number of ether oxygens (including phenoxy) is 1. The van der Waals surface area contributed by atoms with Gasteiger partial charge in [-0.2, -0.15) is 0 Å². The number of rotatable bonds is 6. The van der Waals surface area contributed by atoms with Gasteiger partial charge in [0.15, 0.2) is 0 Å². The van der Waals surface area contributed by atoms with Gasteiger partial charge in [0.25, 0.3) is 0 Å². The van der Waals surface area contributed by atoms with Crippen molar-refractivity contribution in [2.45, 2.75) is 23.5 Å². The Kier molecular flexibility index (Phi) is 6.15. The minimum absolute atomic E-state index is 0.0495. The van der Waals surface area contributed by atoms with Crippen LogP contribution in [0.1, 0.15) is 13.3 Å². The molecule has 2 rings (SSSR count). The number of hydrogen-bond donors (Lipinski definition) is 0. The Morgan fingerprint density at radius 3 is 2.68 bits per heavy atom. The lowest BCUT2D eigenvalue weighted by molar-refractivity contribution is -0.129. The third kappa shape index (κ3) is 4.65. The summed E-state index contributed by atoms with van der Waals surface area (Å²) in [5.41, 5.74) is 0. The lowest BCUT2D eigenvalue weighted by Gasteiger charge is -2.21. The first-order valence-electron chi connectivity index (χ1n) is 7.74. The molecule has 0 unspecified atom stereocenters. The Bertz CT molecular complexity index is 490. The number of likely N-dealkylation sites (tertiary alicyclic amines) is 1. The van der Waals surface area contributed by atoms with Crippen LogP contribution in [0.3, 0.4) is 0 Å². The summed E-state index contributed by atoms with van der Waals surface area (Å²) in [6.07, 6.45) is 1.11. The van der Waals surface area contributed by atoms with E-state index in [-0.39, 0.29) is 11.2 Å². The molecular formula is C17H26N2O2S. The van der Waals surface area contributed by atoms with Gasteiger partial charge in [-0.25, -0.2) is 0 Å². The maximum Gasteiger partial charge on any atom is 0.235 e. The van der Waals surface area contributed by atoms with Crippen LogP contribution in [0, 0.1) is 5.92 Å². The fourth-order valence-electron chi connectivity index (χ4n) is 2.86. The predicted molar refractivity (Wildman–Crippen MR) is 91.6 cm³/mol. The largest absolute Gasteiger partial charge is 0.497 e. The number of methoxy groups -OCH3 is 1. The summed E-state index contributed by atoms with van der Waals surface area (Å²) < 4.78 is 5.16. The number of hydrogen-bond acceptors (Lipinski definition) is 4. The van der Waals surface area contributed by atoms with Crippen molar-refractivity contribution in [1.82, 2.24) is 9.80 Å². The average molecular weight is 322 g/mol. The van der Waals surface area contributed by atoms with Gasteiger partial charge in [0.05, 0.1) is 12.4 Å². The van der Waals surface area contributed by atoms with Crippen molar-refractivity contribution in [1.29, 1.82) is 0 Å². The van der Waals surface area contributed by atoms with E-state index in [0.29, 0.717) is 5.92 Å². The highest BCUT2D eigenvalue weighted by Crippen LogP contribution is 2.28. The van der Waals surface area contributed by atoms with Gasteiger partial charge in [-0.15, -0.1) is 11.8 Å². The first-order valence-corrected chi connectivity index (χ1v) is 8.61. The van der Waals surface area contributed by atoms with E-state index in [1.807, 2.05) is 36.1 Å². The molecule has 1 aliphatic rings. The molecule has 0 bridgehead atoms. The molecule has 0 aromatic heterocycles. The predicted octanol–water partition coefficient (Wildman–Crippen LogP) is 2.59. The van der Waals surface area contributed by atoms with Crippen LogP contribution in [0.15, 0.2) is 29.2 Å². The number of carbonyl (C=O) groups is 1. The Labute approximate surface area is 137 Å². The molecule has 2 atom stereocenters. The first kappa shape index (κ1) is 17.2. The van der Waals surface area contributed by atoms with Crippen molar-refractivity contribution in [3.63, 3.8) is 0 Å². The summed E-state index contributed by atoms with van der Waals surface area (Å²) >= 11 is 1.62. The van der Waals surface area contributed by atoms with Crippen molar-refractivity contribution in [3.05, 3.63) is 24.3 Å². The van der Waals surface area contributed by atoms with Crippen molar-refractivity contribution >= 4 is 17.7 Å². The van der Waals surface area contributed by atoms with E-state index in [9.17, 15) is 4.79 Å². The van der Waals surface area contributed by atoms with Crippen molar-refractivity contribution in [2.75, 3.05) is 40.8 Å². The first-order chi connectivity index (χ1) is 10.5. The molecule has 0 saturated carbocycles. The zero-order valence-electron chi connectivity index (χ0n) is 13.9. The van der Waals surface area contributed by atoms with E-state index in [1.54, 1.807) is 18.9 Å². The standard InChI is InChI=1S/C17H26N2O2S/c1-13(22-16-7-5-15(21-4)6-8-16)17(20)19-10-9-14(12-19)11-18(2)3/h5-8,13-14H,9-12H2,1-4H3/t13-,14+/m1/s1. The van der Waals surface area contributed by atoms with Gasteiger partial charge in [0, 0.05) is 24.5 Å². The highest BCUT2D eigenvalue weighted by atomic mass is 32.2. The summed E-state index contributed by atoms with van der Waals surface area (Å²) in [5, 5.41) is -0.0495. The molecule has 4 nitrogen and oxygen atoms in total. The van der Waals surface area contributed by atoms with Crippen LogP contribution in [0.4, 0.5) is 0 Å². The van der Waals surface area contributed by atoms with E-state index in [4.69, 9.17) is 4.74 Å². The molecule has 1 heterocycles. The zero-order chi connectivity index (χ0) is 16.1. The number of nitrogens with zero attached hydrogens (tertiary/aromatic N) is 2. The molecular weight excluding hydrogens is 296 g/mol. The molecule has 0 radical (unpaired) electrons. The topological polar surface area (TPSA) is 32.8 Å². The van der Waals surface area contributed by atoms with E-state index < -0.39 is 0 Å². The number of benzene rings is 1. The van der Waals surface area contributed by atoms with Gasteiger partial charge in [-0.05, 0) is 57.6 Å². The molecule has 22 heavy (non-hydrogen) atoms. The van der Waals surface area contributed by atoms with Crippen LogP contribution < -0.4 is 4.74 Å². The Morgan fingerprint density at radius 1 is 1.41 bits per heavy atom. The molecule has 0 aliphatic carbocycles. The molecule has 1 amide bonds. The average Bonchev–Trinajstić information content (AvgIpc) is 2.94. The third-order valence-corrected chi connectivity index (χ3v) is 5.04. The van der Waals surface area contributed by atoms with Gasteiger partial charge >= 0.3 is 0 Å². The van der Waals surface area contributed by atoms with Crippen LogP contribution in [0.5, 0.6) is 5.75 Å². The molecule has 0 N–H and O–H groups in total. The molecule has 1 aromatic carbocycles. The highest BCUT2D eigenvalue weighted by Gasteiger charge is 2.29. The van der Waals surface area contributed by atoms with Crippen LogP contribution in [0.2, 0.25) is 0 Å². The van der Waals surface area contributed by atoms with E-state index in [2.05, 4.69) is 19.0 Å². The molecule has 1 aliphatic heterocycles. The smallest absolute Gasteiger partial charge is 0.235 e. The van der Waals surface area contributed by atoms with E-state index in [1.165, 1.54) is 0 Å². The van der Waals surface area contributed by atoms with Gasteiger partial charge in [0.1, 0.15) is 5.75 Å². The Hall–Kier alpha value is -1.20. The second-order valence-electron chi connectivity index (χ2n) is 6.14. The molecule has 5 heteroatoms. The highest BCUT2D eigenvalue weighted by molar-refractivity contribution is 8.00. The van der Waals surface area contributed by atoms with Gasteiger partial charge in [-0.3, -0.25) is 4.79 Å². The van der Waals surface area contributed by atoms with Crippen LogP contribution in [-0.4, -0.2) is 61.8 Å². The maximum absolute atomic E-state index is 12.6. The summed E-state index contributed by atoms with van der Waals surface area (Å²) in [5.74, 6) is 1.70. The normalized spacial score (nSPS) is 19.5. The SMILES string of the molecule is COc1ccc(S[C@H](C)C(=O)N2CC[C@@H](CN(C)C)C2)cc1. The zero-order valence-corrected chi connectivity index (χ0v) is 14.7. The van der Waals surface area contributed by atoms with Gasteiger partial charge in [0.2, 0.25) is 5.91 Å². The Balaban J connectivity index is 1.86. The molecule has 122 valence electrons. The second-order valence-corrected chi connectivity index (χ2v) is 7.55. The molecule has 0 spiro atoms. The summed E-state index contributed by atoms with van der Waals surface area (Å²) in [7, 11) is 5.84. The lowest BCUT2D eigenvalue weighted by Crippen LogP contribution is -2.35. The third-order valence-electron chi connectivity index (χ3n) is 3.94. The van der Waals surface area contributed by atoms with Crippen LogP contribution >= 0.6 is 11.8 Å². The minimum Gasteiger partial charge on any atom is -0.497 e. The second kappa shape index (κ2) is 7.88. The minimum atomic E-state index is -0.0495. The maximum atomic E-state index is 12.6. The molecule has 1 aromatic rings. The monoisotopic (exact) mass is 322 g/mol. The fourth-order valence-corrected chi connectivity index (χ4v) is 3.82. The van der Waals surface area contributed by atoms with Crippen molar-refractivity contribution < 1.29 is 9.53 Å². The van der Waals surface area contributed by atoms with Gasteiger partial charge < -0.3 is 14.5 Å². The van der Waals surface area contributed by atoms with Crippen LogP contribution in [0.25, 0.3) is 0 Å². The number of amides is 1. The molecule has 1 saturated heterocycles. The van der Waals surface area contributed by atoms with Gasteiger partial charge in [-0.1, -0.05) is 0 Å². The quantitative estimate of drug-likeness (QED) is 0.754. The summed E-state index contributed by atoms with van der Waals surface area (Å²) in [4.78, 5) is 17.9. The molecule has 1 fully saturated rings. The van der Waals surface area contributed by atoms with E-state index >= 15 is 0 Å². The van der Waals surface area contributed by atoms with E-state index in [0.717, 1.165) is 36.7 Å².